The van der Waals surface area contributed by atoms with Crippen molar-refractivity contribution in [2.24, 2.45) is 0 Å². The molecule has 0 spiro atoms. The summed E-state index contributed by atoms with van der Waals surface area (Å²) in [5.74, 6) is 0.654. The number of benzene rings is 5. The highest BCUT2D eigenvalue weighted by molar-refractivity contribution is 6.17. The smallest absolute Gasteiger partial charge is 0.235 e. The molecule has 0 unspecified atom stereocenters. The molecule has 41 heavy (non-hydrogen) atoms. The minimum atomic E-state index is -0.0900. The average Bonchev–Trinajstić information content (AvgIpc) is 3.68. The molecule has 0 bridgehead atoms. The van der Waals surface area contributed by atoms with Crippen LogP contribution >= 0.6 is 0 Å². The second kappa shape index (κ2) is 7.92. The van der Waals surface area contributed by atoms with E-state index in [1.54, 1.807) is 6.26 Å². The van der Waals surface area contributed by atoms with Gasteiger partial charge in [0.15, 0.2) is 0 Å². The van der Waals surface area contributed by atoms with Crippen molar-refractivity contribution in [3.63, 3.8) is 0 Å². The highest BCUT2D eigenvalue weighted by atomic mass is 16.3. The first-order chi connectivity index (χ1) is 20.1. The first kappa shape index (κ1) is 22.6. The Balaban J connectivity index is 1.36. The van der Waals surface area contributed by atoms with Crippen LogP contribution in [-0.4, -0.2) is 14.5 Å². The van der Waals surface area contributed by atoms with Gasteiger partial charge in [0, 0.05) is 32.5 Å². The van der Waals surface area contributed by atoms with Crippen LogP contribution in [0.25, 0.3) is 72.0 Å². The van der Waals surface area contributed by atoms with Gasteiger partial charge in [0.1, 0.15) is 5.58 Å². The fourth-order valence-electron chi connectivity index (χ4n) is 6.95. The van der Waals surface area contributed by atoms with Crippen molar-refractivity contribution in [2.75, 3.05) is 0 Å². The topological polar surface area (TPSA) is 43.9 Å². The zero-order chi connectivity index (χ0) is 27.3. The van der Waals surface area contributed by atoms with E-state index < -0.39 is 0 Å². The molecule has 0 amide bonds. The highest BCUT2D eigenvalue weighted by Gasteiger charge is 2.35. The molecule has 0 saturated carbocycles. The lowest BCUT2D eigenvalue weighted by atomic mass is 9.82. The Bertz CT molecular complexity index is 2350. The lowest BCUT2D eigenvalue weighted by Crippen LogP contribution is -2.15. The maximum absolute atomic E-state index is 5.81. The van der Waals surface area contributed by atoms with Crippen molar-refractivity contribution in [1.82, 2.24) is 14.5 Å². The Morgan fingerprint density at radius 1 is 0.634 bits per heavy atom. The number of nitrogens with zero attached hydrogens (tertiary/aromatic N) is 3. The molecule has 1 aliphatic rings. The average molecular weight is 528 g/mol. The number of rotatable bonds is 2. The molecule has 0 aliphatic heterocycles. The van der Waals surface area contributed by atoms with Gasteiger partial charge in [-0.1, -0.05) is 86.6 Å². The normalized spacial score (nSPS) is 13.8. The van der Waals surface area contributed by atoms with Crippen LogP contribution in [0.2, 0.25) is 0 Å². The molecule has 8 aromatic rings. The lowest BCUT2D eigenvalue weighted by Gasteiger charge is -2.22. The van der Waals surface area contributed by atoms with E-state index in [0.29, 0.717) is 5.95 Å². The molecule has 0 atom stereocenters. The Morgan fingerprint density at radius 2 is 1.41 bits per heavy atom. The van der Waals surface area contributed by atoms with Crippen LogP contribution in [0.5, 0.6) is 0 Å². The number of hydrogen-bond donors (Lipinski definition) is 0. The molecule has 1 aliphatic carbocycles. The third-order valence-electron chi connectivity index (χ3n) is 8.91. The third kappa shape index (κ3) is 2.99. The van der Waals surface area contributed by atoms with Crippen LogP contribution < -0.4 is 0 Å². The van der Waals surface area contributed by atoms with Gasteiger partial charge >= 0.3 is 0 Å². The van der Waals surface area contributed by atoms with Gasteiger partial charge in [-0.05, 0) is 58.7 Å². The summed E-state index contributed by atoms with van der Waals surface area (Å²) in [6.07, 6.45) is 1.75. The largest absolute Gasteiger partial charge is 0.464 e. The predicted octanol–water partition coefficient (Wildman–Crippen LogP) is 9.45. The third-order valence-corrected chi connectivity index (χ3v) is 8.91. The number of furan rings is 1. The summed E-state index contributed by atoms with van der Waals surface area (Å²) in [5, 5.41) is 4.42. The van der Waals surface area contributed by atoms with E-state index in [-0.39, 0.29) is 5.41 Å². The van der Waals surface area contributed by atoms with E-state index in [2.05, 4.69) is 109 Å². The zero-order valence-electron chi connectivity index (χ0n) is 22.7. The summed E-state index contributed by atoms with van der Waals surface area (Å²) in [5.41, 5.74) is 11.2. The lowest BCUT2D eigenvalue weighted by molar-refractivity contribution is 0.616. The summed E-state index contributed by atoms with van der Waals surface area (Å²) >= 11 is 0. The van der Waals surface area contributed by atoms with Crippen LogP contribution in [-0.2, 0) is 5.41 Å². The van der Waals surface area contributed by atoms with Crippen molar-refractivity contribution in [3.8, 4) is 28.3 Å². The van der Waals surface area contributed by atoms with E-state index >= 15 is 0 Å². The number of fused-ring (bicyclic) bond motifs is 9. The molecule has 3 aromatic heterocycles. The summed E-state index contributed by atoms with van der Waals surface area (Å²) in [6.45, 7) is 4.64. The minimum absolute atomic E-state index is 0.0900. The van der Waals surface area contributed by atoms with Gasteiger partial charge in [0.2, 0.25) is 5.95 Å². The molecule has 4 nitrogen and oxygen atoms in total. The fraction of sp³-hybridized carbons (Fsp3) is 0.0811. The molecule has 3 heterocycles. The van der Waals surface area contributed by atoms with Crippen LogP contribution in [0, 0.1) is 0 Å². The molecular weight excluding hydrogens is 502 g/mol. The quantitative estimate of drug-likeness (QED) is 0.225. The van der Waals surface area contributed by atoms with Crippen LogP contribution in [0.3, 0.4) is 0 Å². The molecule has 9 rings (SSSR count). The van der Waals surface area contributed by atoms with Gasteiger partial charge in [-0.2, -0.15) is 0 Å². The van der Waals surface area contributed by atoms with Crippen LogP contribution in [0.4, 0.5) is 0 Å². The summed E-state index contributed by atoms with van der Waals surface area (Å²) in [6, 6.07) is 38.6. The Hall–Kier alpha value is -5.22. The van der Waals surface area contributed by atoms with E-state index in [9.17, 15) is 0 Å². The van der Waals surface area contributed by atoms with Gasteiger partial charge in [-0.3, -0.25) is 4.57 Å². The molecule has 0 radical (unpaired) electrons. The SMILES string of the molecule is CC1(C)c2ccccc2-c2ccc(-c3nc(-n4c5ccccc5c5ccc6occc6c54)nc4ccccc34)cc21. The number of para-hydroxylation sites is 2. The van der Waals surface area contributed by atoms with Gasteiger partial charge in [0.05, 0.1) is 28.5 Å². The molecule has 0 N–H and O–H groups in total. The highest BCUT2D eigenvalue weighted by Crippen LogP contribution is 2.49. The van der Waals surface area contributed by atoms with Crippen LogP contribution in [0.1, 0.15) is 25.0 Å². The second-order valence-electron chi connectivity index (χ2n) is 11.5. The van der Waals surface area contributed by atoms with E-state index in [1.807, 2.05) is 18.2 Å². The minimum Gasteiger partial charge on any atom is -0.464 e. The second-order valence-corrected chi connectivity index (χ2v) is 11.5. The van der Waals surface area contributed by atoms with E-state index in [0.717, 1.165) is 49.5 Å². The maximum Gasteiger partial charge on any atom is 0.235 e. The number of aromatic nitrogens is 3. The fourth-order valence-corrected chi connectivity index (χ4v) is 6.95. The summed E-state index contributed by atoms with van der Waals surface area (Å²) < 4.78 is 8.01. The first-order valence-corrected chi connectivity index (χ1v) is 14.0. The van der Waals surface area contributed by atoms with Crippen molar-refractivity contribution in [1.29, 1.82) is 0 Å². The van der Waals surface area contributed by atoms with Crippen LogP contribution in [0.15, 0.2) is 120 Å². The maximum atomic E-state index is 5.81. The molecule has 0 saturated heterocycles. The molecule has 194 valence electrons. The Labute approximate surface area is 236 Å². The van der Waals surface area contributed by atoms with E-state index in [4.69, 9.17) is 14.4 Å². The number of hydrogen-bond acceptors (Lipinski definition) is 3. The first-order valence-electron chi connectivity index (χ1n) is 14.0. The van der Waals surface area contributed by atoms with Gasteiger partial charge in [0.25, 0.3) is 0 Å². The van der Waals surface area contributed by atoms with Crippen molar-refractivity contribution < 1.29 is 4.42 Å². The molecule has 4 heteroatoms. The zero-order valence-corrected chi connectivity index (χ0v) is 22.7. The Morgan fingerprint density at radius 3 is 2.34 bits per heavy atom. The standard InChI is InChI=1S/C37H25N3O/c1-37(2)29-12-6-3-9-23(29)24-16-15-22(21-30(24)37)34-27-11-4-7-13-31(27)38-36(39-34)40-32-14-8-5-10-25(32)26-17-18-33-28(35(26)40)19-20-41-33/h3-21H,1-2H3. The molecular formula is C37H25N3O. The van der Waals surface area contributed by atoms with E-state index in [1.165, 1.54) is 27.6 Å². The van der Waals surface area contributed by atoms with Gasteiger partial charge in [-0.25, -0.2) is 9.97 Å². The monoisotopic (exact) mass is 527 g/mol. The molecule has 5 aromatic carbocycles. The van der Waals surface area contributed by atoms with Crippen molar-refractivity contribution in [2.45, 2.75) is 19.3 Å². The summed E-state index contributed by atoms with van der Waals surface area (Å²) in [4.78, 5) is 10.5. The van der Waals surface area contributed by atoms with Gasteiger partial charge in [-0.15, -0.1) is 0 Å². The van der Waals surface area contributed by atoms with Crippen molar-refractivity contribution >= 4 is 43.7 Å². The summed E-state index contributed by atoms with van der Waals surface area (Å²) in [7, 11) is 0. The Kier molecular flexibility index (Phi) is 4.36. The predicted molar refractivity (Wildman–Crippen MR) is 167 cm³/mol. The van der Waals surface area contributed by atoms with Crippen molar-refractivity contribution in [3.05, 3.63) is 127 Å². The van der Waals surface area contributed by atoms with Gasteiger partial charge < -0.3 is 4.42 Å². The molecule has 0 fully saturated rings.